The van der Waals surface area contributed by atoms with E-state index in [-0.39, 0.29) is 6.10 Å². The Morgan fingerprint density at radius 1 is 1.00 bits per heavy atom. The molecule has 98 valence electrons. The Morgan fingerprint density at radius 3 is 2.00 bits per heavy atom. The van der Waals surface area contributed by atoms with Crippen molar-refractivity contribution in [2.45, 2.75) is 45.6 Å². The molecule has 0 aromatic rings. The van der Waals surface area contributed by atoms with Crippen molar-refractivity contribution in [2.24, 2.45) is 0 Å². The zero-order valence-electron chi connectivity index (χ0n) is 11.2. The summed E-state index contributed by atoms with van der Waals surface area (Å²) in [5.74, 6) is 0. The zero-order chi connectivity index (χ0) is 12.4. The van der Waals surface area contributed by atoms with Crippen molar-refractivity contribution in [3.8, 4) is 0 Å². The predicted molar refractivity (Wildman–Crippen MR) is 66.3 cm³/mol. The van der Waals surface area contributed by atoms with Gasteiger partial charge >= 0.3 is 8.80 Å². The molecule has 0 aliphatic rings. The van der Waals surface area contributed by atoms with Crippen LogP contribution in [0.1, 0.15) is 39.5 Å². The van der Waals surface area contributed by atoms with Crippen molar-refractivity contribution < 1.29 is 18.0 Å². The van der Waals surface area contributed by atoms with Crippen LogP contribution in [-0.2, 0) is 18.0 Å². The maximum atomic E-state index is 5.71. The minimum Gasteiger partial charge on any atom is -0.375 e. The summed E-state index contributed by atoms with van der Waals surface area (Å²) in [5.41, 5.74) is 0. The molecule has 5 heteroatoms. The third-order valence-electron chi connectivity index (χ3n) is 2.69. The molecular formula is C11H26O4Si. The Morgan fingerprint density at radius 2 is 1.56 bits per heavy atom. The molecule has 0 aliphatic carbocycles. The van der Waals surface area contributed by atoms with E-state index in [0.717, 1.165) is 6.42 Å². The smallest absolute Gasteiger partial charge is 0.375 e. The highest BCUT2D eigenvalue weighted by Gasteiger charge is 2.38. The van der Waals surface area contributed by atoms with Crippen molar-refractivity contribution in [2.75, 3.05) is 27.6 Å². The van der Waals surface area contributed by atoms with E-state index in [1.165, 1.54) is 19.3 Å². The molecule has 0 radical (unpaired) electrons. The van der Waals surface area contributed by atoms with Gasteiger partial charge in [0.1, 0.15) is 6.23 Å². The van der Waals surface area contributed by atoms with Gasteiger partial charge in [0.2, 0.25) is 0 Å². The number of hydrogen-bond donors (Lipinski definition) is 0. The molecule has 1 unspecified atom stereocenters. The summed E-state index contributed by atoms with van der Waals surface area (Å²) in [4.78, 5) is 0. The Balaban J connectivity index is 3.82. The monoisotopic (exact) mass is 250 g/mol. The van der Waals surface area contributed by atoms with Crippen LogP contribution in [0, 0.1) is 0 Å². The summed E-state index contributed by atoms with van der Waals surface area (Å²) in [6, 6.07) is 0. The first-order valence-electron chi connectivity index (χ1n) is 5.91. The quantitative estimate of drug-likeness (QED) is 0.441. The molecule has 0 N–H and O–H groups in total. The van der Waals surface area contributed by atoms with E-state index < -0.39 is 8.80 Å². The van der Waals surface area contributed by atoms with E-state index in [4.69, 9.17) is 18.0 Å². The van der Waals surface area contributed by atoms with Crippen LogP contribution in [0.2, 0.25) is 0 Å². The van der Waals surface area contributed by atoms with Gasteiger partial charge in [-0.3, -0.25) is 0 Å². The molecule has 0 aromatic carbocycles. The summed E-state index contributed by atoms with van der Waals surface area (Å²) < 4.78 is 21.6. The minimum absolute atomic E-state index is 0.235. The molecule has 0 bridgehead atoms. The van der Waals surface area contributed by atoms with Crippen LogP contribution in [0.3, 0.4) is 0 Å². The lowest BCUT2D eigenvalue weighted by molar-refractivity contribution is 0.0282. The van der Waals surface area contributed by atoms with Gasteiger partial charge in [0.15, 0.2) is 0 Å². The third kappa shape index (κ3) is 5.96. The summed E-state index contributed by atoms with van der Waals surface area (Å²) in [5, 5.41) is 0. The van der Waals surface area contributed by atoms with Gasteiger partial charge in [0.25, 0.3) is 0 Å². The van der Waals surface area contributed by atoms with Crippen LogP contribution in [0.4, 0.5) is 0 Å². The molecule has 0 rings (SSSR count). The third-order valence-corrected chi connectivity index (χ3v) is 5.08. The summed E-state index contributed by atoms with van der Waals surface area (Å²) in [7, 11) is 2.25. The molecule has 0 spiro atoms. The predicted octanol–water partition coefficient (Wildman–Crippen LogP) is 2.39. The lowest BCUT2D eigenvalue weighted by Crippen LogP contribution is -2.48. The van der Waals surface area contributed by atoms with E-state index in [1.807, 2.05) is 0 Å². The summed E-state index contributed by atoms with van der Waals surface area (Å²) in [6.07, 6.45) is 5.44. The highest BCUT2D eigenvalue weighted by atomic mass is 28.4. The number of rotatable bonds is 10. The fourth-order valence-electron chi connectivity index (χ4n) is 1.44. The summed E-state index contributed by atoms with van der Waals surface area (Å²) >= 11 is 0. The second kappa shape index (κ2) is 9.12. The SMILES string of the molecule is CCCCCC(C)OC[Si](OC)(OC)OC. The zero-order valence-corrected chi connectivity index (χ0v) is 12.2. The molecule has 16 heavy (non-hydrogen) atoms. The topological polar surface area (TPSA) is 36.9 Å². The lowest BCUT2D eigenvalue weighted by atomic mass is 10.1. The summed E-state index contributed by atoms with van der Waals surface area (Å²) in [6.45, 7) is 4.28. The first-order chi connectivity index (χ1) is 7.64. The number of unbranched alkanes of at least 4 members (excludes halogenated alkanes) is 2. The van der Waals surface area contributed by atoms with Crippen molar-refractivity contribution in [3.05, 3.63) is 0 Å². The van der Waals surface area contributed by atoms with Gasteiger partial charge in [-0.25, -0.2) is 0 Å². The van der Waals surface area contributed by atoms with Crippen LogP contribution < -0.4 is 0 Å². The standard InChI is InChI=1S/C11H26O4Si/c1-6-7-8-9-11(2)15-10-16(12-3,13-4)14-5/h11H,6-10H2,1-5H3. The van der Waals surface area contributed by atoms with Crippen molar-refractivity contribution in [1.29, 1.82) is 0 Å². The first-order valence-corrected chi connectivity index (χ1v) is 7.84. The average molecular weight is 250 g/mol. The highest BCUT2D eigenvalue weighted by molar-refractivity contribution is 6.60. The van der Waals surface area contributed by atoms with Crippen molar-refractivity contribution >= 4 is 8.80 Å². The van der Waals surface area contributed by atoms with Crippen LogP contribution in [0.5, 0.6) is 0 Å². The molecule has 0 amide bonds. The van der Waals surface area contributed by atoms with Gasteiger partial charge in [-0.2, -0.15) is 0 Å². The maximum absolute atomic E-state index is 5.71. The lowest BCUT2D eigenvalue weighted by Gasteiger charge is -2.25. The molecular weight excluding hydrogens is 224 g/mol. The van der Waals surface area contributed by atoms with Gasteiger partial charge in [-0.15, -0.1) is 0 Å². The number of ether oxygens (including phenoxy) is 1. The normalized spacial score (nSPS) is 14.1. The number of hydrogen-bond acceptors (Lipinski definition) is 4. The fourth-order valence-corrected chi connectivity index (χ4v) is 2.78. The van der Waals surface area contributed by atoms with E-state index in [2.05, 4.69) is 13.8 Å². The molecule has 0 heterocycles. The maximum Gasteiger partial charge on any atom is 0.527 e. The molecule has 0 saturated heterocycles. The van der Waals surface area contributed by atoms with Crippen molar-refractivity contribution in [1.82, 2.24) is 0 Å². The molecule has 0 aromatic heterocycles. The van der Waals surface area contributed by atoms with E-state index in [0.29, 0.717) is 6.23 Å². The van der Waals surface area contributed by atoms with Gasteiger partial charge in [-0.1, -0.05) is 26.2 Å². The van der Waals surface area contributed by atoms with Crippen LogP contribution >= 0.6 is 0 Å². The van der Waals surface area contributed by atoms with Gasteiger partial charge in [0.05, 0.1) is 6.10 Å². The van der Waals surface area contributed by atoms with E-state index in [1.54, 1.807) is 21.3 Å². The average Bonchev–Trinajstić information content (AvgIpc) is 2.32. The fraction of sp³-hybridized carbons (Fsp3) is 1.00. The van der Waals surface area contributed by atoms with Gasteiger partial charge in [-0.05, 0) is 13.3 Å². The van der Waals surface area contributed by atoms with Crippen LogP contribution in [-0.4, -0.2) is 42.5 Å². The largest absolute Gasteiger partial charge is 0.527 e. The Bertz CT molecular complexity index is 154. The molecule has 0 fully saturated rings. The van der Waals surface area contributed by atoms with E-state index >= 15 is 0 Å². The Kier molecular flexibility index (Phi) is 9.16. The van der Waals surface area contributed by atoms with Crippen molar-refractivity contribution in [3.63, 3.8) is 0 Å². The highest BCUT2D eigenvalue weighted by Crippen LogP contribution is 2.11. The second-order valence-electron chi connectivity index (χ2n) is 3.91. The van der Waals surface area contributed by atoms with E-state index in [9.17, 15) is 0 Å². The first kappa shape index (κ1) is 16.1. The van der Waals surface area contributed by atoms with Crippen LogP contribution in [0.25, 0.3) is 0 Å². The van der Waals surface area contributed by atoms with Crippen LogP contribution in [0.15, 0.2) is 0 Å². The van der Waals surface area contributed by atoms with Gasteiger partial charge < -0.3 is 18.0 Å². The molecule has 4 nitrogen and oxygen atoms in total. The van der Waals surface area contributed by atoms with Gasteiger partial charge in [0, 0.05) is 21.3 Å². The molecule has 1 atom stereocenters. The minimum atomic E-state index is -2.55. The molecule has 0 saturated carbocycles. The Labute approximate surface area is 101 Å². The molecule has 0 aliphatic heterocycles. The second-order valence-corrected chi connectivity index (χ2v) is 6.79. The Hall–Kier alpha value is 0.0569.